The average Bonchev–Trinajstić information content (AvgIpc) is 2.35. The van der Waals surface area contributed by atoms with Crippen LogP contribution in [-0.4, -0.2) is 0 Å². The Labute approximate surface area is 120 Å². The van der Waals surface area contributed by atoms with E-state index in [0.717, 1.165) is 4.47 Å². The second-order valence-corrected chi connectivity index (χ2v) is 5.56. The van der Waals surface area contributed by atoms with Gasteiger partial charge in [-0.25, -0.2) is 8.78 Å². The summed E-state index contributed by atoms with van der Waals surface area (Å²) in [6, 6.07) is 8.70. The summed E-state index contributed by atoms with van der Waals surface area (Å²) in [7, 11) is 0. The van der Waals surface area contributed by atoms with E-state index < -0.39 is 17.7 Å². The number of halogens is 4. The number of rotatable bonds is 2. The molecule has 94 valence electrons. The Morgan fingerprint density at radius 2 is 1.56 bits per heavy atom. The zero-order valence-electron chi connectivity index (χ0n) is 9.13. The summed E-state index contributed by atoms with van der Waals surface area (Å²) >= 11 is 6.32. The number of hydrogen-bond donors (Lipinski definition) is 1. The van der Waals surface area contributed by atoms with Crippen molar-refractivity contribution in [2.24, 2.45) is 5.73 Å². The molecule has 0 heterocycles. The molecule has 0 bridgehead atoms. The molecule has 0 spiro atoms. The predicted molar refractivity (Wildman–Crippen MR) is 74.2 cm³/mol. The lowest BCUT2D eigenvalue weighted by Gasteiger charge is -2.15. The first-order valence-corrected chi connectivity index (χ1v) is 6.73. The lowest BCUT2D eigenvalue weighted by molar-refractivity contribution is 0.539. The van der Waals surface area contributed by atoms with Crippen LogP contribution in [0.4, 0.5) is 8.78 Å². The zero-order valence-corrected chi connectivity index (χ0v) is 12.3. The molecule has 0 aliphatic rings. The quantitative estimate of drug-likeness (QED) is 0.765. The molecule has 0 aliphatic carbocycles. The third-order valence-corrected chi connectivity index (χ3v) is 3.76. The largest absolute Gasteiger partial charge is 0.320 e. The van der Waals surface area contributed by atoms with Crippen molar-refractivity contribution in [1.29, 1.82) is 0 Å². The summed E-state index contributed by atoms with van der Waals surface area (Å²) in [5, 5.41) is 0. The summed E-state index contributed by atoms with van der Waals surface area (Å²) in [6.45, 7) is 0. The van der Waals surface area contributed by atoms with Crippen LogP contribution in [0.25, 0.3) is 0 Å². The predicted octanol–water partition coefficient (Wildman–Crippen LogP) is 4.54. The Hall–Kier alpha value is -0.780. The molecule has 0 aliphatic heterocycles. The maximum absolute atomic E-state index is 13.9. The van der Waals surface area contributed by atoms with Gasteiger partial charge >= 0.3 is 0 Å². The van der Waals surface area contributed by atoms with E-state index in [2.05, 4.69) is 31.9 Å². The third-order valence-electron chi connectivity index (χ3n) is 2.62. The highest BCUT2D eigenvalue weighted by Crippen LogP contribution is 2.29. The van der Waals surface area contributed by atoms with Gasteiger partial charge in [0.25, 0.3) is 0 Å². The Morgan fingerprint density at radius 3 is 2.17 bits per heavy atom. The third kappa shape index (κ3) is 2.63. The maximum atomic E-state index is 13.9. The Balaban J connectivity index is 2.49. The van der Waals surface area contributed by atoms with Crippen molar-refractivity contribution in [1.82, 2.24) is 0 Å². The van der Waals surface area contributed by atoms with Crippen molar-refractivity contribution >= 4 is 31.9 Å². The summed E-state index contributed by atoms with van der Waals surface area (Å²) in [5.74, 6) is -1.31. The molecule has 0 saturated heterocycles. The van der Waals surface area contributed by atoms with Crippen LogP contribution in [0.1, 0.15) is 17.2 Å². The molecule has 2 rings (SSSR count). The monoisotopic (exact) mass is 375 g/mol. The fraction of sp³-hybridized carbons (Fsp3) is 0.0769. The molecule has 1 unspecified atom stereocenters. The number of nitrogens with two attached hydrogens (primary N) is 1. The van der Waals surface area contributed by atoms with Crippen LogP contribution in [0, 0.1) is 11.6 Å². The second-order valence-electron chi connectivity index (χ2n) is 3.79. The van der Waals surface area contributed by atoms with E-state index in [4.69, 9.17) is 5.73 Å². The summed E-state index contributed by atoms with van der Waals surface area (Å²) in [6.07, 6.45) is 0. The number of benzene rings is 2. The number of hydrogen-bond acceptors (Lipinski definition) is 1. The minimum absolute atomic E-state index is 0.133. The molecule has 1 atom stereocenters. The van der Waals surface area contributed by atoms with E-state index >= 15 is 0 Å². The molecule has 2 N–H and O–H groups in total. The first-order valence-electron chi connectivity index (χ1n) is 5.15. The van der Waals surface area contributed by atoms with E-state index in [1.54, 1.807) is 24.3 Å². The highest BCUT2D eigenvalue weighted by Gasteiger charge is 2.20. The van der Waals surface area contributed by atoms with Crippen molar-refractivity contribution in [3.05, 3.63) is 68.1 Å². The van der Waals surface area contributed by atoms with Gasteiger partial charge in [-0.15, -0.1) is 0 Å². The van der Waals surface area contributed by atoms with Crippen molar-refractivity contribution in [3.8, 4) is 0 Å². The molecule has 0 radical (unpaired) electrons. The van der Waals surface area contributed by atoms with Crippen LogP contribution in [-0.2, 0) is 0 Å². The van der Waals surface area contributed by atoms with Gasteiger partial charge in [0, 0.05) is 10.0 Å². The molecular weight excluding hydrogens is 368 g/mol. The topological polar surface area (TPSA) is 26.0 Å². The van der Waals surface area contributed by atoms with Gasteiger partial charge in [0.2, 0.25) is 0 Å². The highest BCUT2D eigenvalue weighted by molar-refractivity contribution is 9.10. The first-order chi connectivity index (χ1) is 8.50. The molecule has 0 saturated carbocycles. The SMILES string of the molecule is NC(c1ccc(Br)cc1)c1c(F)ccc(Br)c1F. The van der Waals surface area contributed by atoms with Crippen LogP contribution in [0.3, 0.4) is 0 Å². The zero-order chi connectivity index (χ0) is 13.3. The van der Waals surface area contributed by atoms with E-state index in [-0.39, 0.29) is 10.0 Å². The average molecular weight is 377 g/mol. The molecule has 2 aromatic carbocycles. The van der Waals surface area contributed by atoms with Crippen molar-refractivity contribution < 1.29 is 8.78 Å². The smallest absolute Gasteiger partial charge is 0.145 e. The van der Waals surface area contributed by atoms with Crippen LogP contribution in [0.15, 0.2) is 45.3 Å². The maximum Gasteiger partial charge on any atom is 0.145 e. The summed E-state index contributed by atoms with van der Waals surface area (Å²) < 4.78 is 28.7. The van der Waals surface area contributed by atoms with Gasteiger partial charge in [-0.2, -0.15) is 0 Å². The molecule has 1 nitrogen and oxygen atoms in total. The van der Waals surface area contributed by atoms with Crippen LogP contribution in [0.2, 0.25) is 0 Å². The molecule has 18 heavy (non-hydrogen) atoms. The molecular formula is C13H9Br2F2N. The van der Waals surface area contributed by atoms with Crippen molar-refractivity contribution in [3.63, 3.8) is 0 Å². The lowest BCUT2D eigenvalue weighted by atomic mass is 9.99. The van der Waals surface area contributed by atoms with Crippen LogP contribution >= 0.6 is 31.9 Å². The minimum Gasteiger partial charge on any atom is -0.320 e. The summed E-state index contributed by atoms with van der Waals surface area (Å²) in [5.41, 5.74) is 6.44. The van der Waals surface area contributed by atoms with Gasteiger partial charge in [-0.1, -0.05) is 28.1 Å². The molecule has 0 fully saturated rings. The van der Waals surface area contributed by atoms with Gasteiger partial charge in [0.15, 0.2) is 0 Å². The Kier molecular flexibility index (Phi) is 4.14. The van der Waals surface area contributed by atoms with Gasteiger partial charge in [0.05, 0.1) is 10.5 Å². The van der Waals surface area contributed by atoms with Crippen LogP contribution in [0.5, 0.6) is 0 Å². The molecule has 0 aromatic heterocycles. The lowest BCUT2D eigenvalue weighted by Crippen LogP contribution is -2.15. The standard InChI is InChI=1S/C13H9Br2F2N/c14-8-3-1-7(2-4-8)13(18)11-10(16)6-5-9(15)12(11)17/h1-6,13H,18H2. The van der Waals surface area contributed by atoms with E-state index in [9.17, 15) is 8.78 Å². The Morgan fingerprint density at radius 1 is 0.944 bits per heavy atom. The van der Waals surface area contributed by atoms with Gasteiger partial charge in [-0.3, -0.25) is 0 Å². The first kappa shape index (κ1) is 13.6. The van der Waals surface area contributed by atoms with Gasteiger partial charge in [0.1, 0.15) is 11.6 Å². The second kappa shape index (κ2) is 5.47. The molecule has 5 heteroatoms. The van der Waals surface area contributed by atoms with Crippen molar-refractivity contribution in [2.75, 3.05) is 0 Å². The fourth-order valence-corrected chi connectivity index (χ4v) is 2.27. The van der Waals surface area contributed by atoms with Gasteiger partial charge < -0.3 is 5.73 Å². The summed E-state index contributed by atoms with van der Waals surface area (Å²) in [4.78, 5) is 0. The Bertz CT molecular complexity index is 570. The highest BCUT2D eigenvalue weighted by atomic mass is 79.9. The minimum atomic E-state index is -0.837. The van der Waals surface area contributed by atoms with Gasteiger partial charge in [-0.05, 0) is 45.8 Å². The van der Waals surface area contributed by atoms with Crippen molar-refractivity contribution in [2.45, 2.75) is 6.04 Å². The molecule has 2 aromatic rings. The molecule has 0 amide bonds. The van der Waals surface area contributed by atoms with E-state index in [1.165, 1.54) is 12.1 Å². The van der Waals surface area contributed by atoms with E-state index in [1.807, 2.05) is 0 Å². The fourth-order valence-electron chi connectivity index (χ4n) is 1.66. The normalized spacial score (nSPS) is 12.5. The van der Waals surface area contributed by atoms with E-state index in [0.29, 0.717) is 5.56 Å². The van der Waals surface area contributed by atoms with Crippen LogP contribution < -0.4 is 5.73 Å².